The Morgan fingerprint density at radius 3 is 2.70 bits per heavy atom. The summed E-state index contributed by atoms with van der Waals surface area (Å²) in [6.07, 6.45) is 8.26. The topological polar surface area (TPSA) is 80.4 Å². The van der Waals surface area contributed by atoms with Gasteiger partial charge >= 0.3 is 0 Å². The third-order valence-electron chi connectivity index (χ3n) is 6.79. The van der Waals surface area contributed by atoms with Crippen LogP contribution < -0.4 is 10.2 Å². The Labute approximate surface area is 191 Å². The van der Waals surface area contributed by atoms with Crippen molar-refractivity contribution in [1.82, 2.24) is 24.4 Å². The number of nitrogens with zero attached hydrogens (tertiary/aromatic N) is 6. The molecule has 0 bridgehead atoms. The van der Waals surface area contributed by atoms with Crippen molar-refractivity contribution >= 4 is 23.1 Å². The van der Waals surface area contributed by atoms with Gasteiger partial charge in [-0.1, -0.05) is 6.92 Å². The van der Waals surface area contributed by atoms with Gasteiger partial charge in [-0.2, -0.15) is 10.2 Å². The summed E-state index contributed by atoms with van der Waals surface area (Å²) in [6.45, 7) is 3.12. The molecule has 0 spiro atoms. The highest BCUT2D eigenvalue weighted by Gasteiger charge is 2.27. The summed E-state index contributed by atoms with van der Waals surface area (Å²) in [5.74, 6) is 1.55. The molecular weight excluding hydrogens is 428 g/mol. The van der Waals surface area contributed by atoms with Crippen LogP contribution in [0.25, 0.3) is 5.65 Å². The number of hydrogen-bond donors (Lipinski definition) is 1. The van der Waals surface area contributed by atoms with Crippen LogP contribution in [0.5, 0.6) is 0 Å². The first-order valence-corrected chi connectivity index (χ1v) is 11.6. The molecule has 2 saturated carbocycles. The fourth-order valence-electron chi connectivity index (χ4n) is 4.56. The Morgan fingerprint density at radius 2 is 2.00 bits per heavy atom. The van der Waals surface area contributed by atoms with Crippen LogP contribution in [0, 0.1) is 11.8 Å². The lowest BCUT2D eigenvalue weighted by Crippen LogP contribution is -2.21. The SMILES string of the molecule is CC1CCC(n2cc(NC(=O)c3cnn4ccc(N(C)CC5CC5)nc34)c(C(F)F)n2)CC1. The van der Waals surface area contributed by atoms with Gasteiger partial charge in [0, 0.05) is 26.0 Å². The molecule has 3 heterocycles. The zero-order chi connectivity index (χ0) is 23.1. The summed E-state index contributed by atoms with van der Waals surface area (Å²) in [5, 5.41) is 11.0. The molecule has 0 saturated heterocycles. The fourth-order valence-corrected chi connectivity index (χ4v) is 4.56. The number of carbonyl (C=O) groups is 1. The largest absolute Gasteiger partial charge is 0.359 e. The Kier molecular flexibility index (Phi) is 5.76. The number of aromatic nitrogens is 5. The molecule has 2 aliphatic carbocycles. The van der Waals surface area contributed by atoms with Crippen molar-refractivity contribution in [3.63, 3.8) is 0 Å². The Morgan fingerprint density at radius 1 is 1.24 bits per heavy atom. The summed E-state index contributed by atoms with van der Waals surface area (Å²) in [7, 11) is 1.97. The summed E-state index contributed by atoms with van der Waals surface area (Å²) < 4.78 is 30.5. The summed E-state index contributed by atoms with van der Waals surface area (Å²) >= 11 is 0. The molecule has 3 aromatic rings. The van der Waals surface area contributed by atoms with Crippen molar-refractivity contribution in [3.05, 3.63) is 35.9 Å². The van der Waals surface area contributed by atoms with Crippen LogP contribution in [0.4, 0.5) is 20.3 Å². The van der Waals surface area contributed by atoms with Crippen LogP contribution >= 0.6 is 0 Å². The molecule has 5 rings (SSSR count). The van der Waals surface area contributed by atoms with Crippen LogP contribution in [-0.4, -0.2) is 43.9 Å². The molecule has 0 radical (unpaired) electrons. The fraction of sp³-hybridized carbons (Fsp3) is 0.565. The van der Waals surface area contributed by atoms with E-state index in [1.807, 2.05) is 13.1 Å². The predicted molar refractivity (Wildman–Crippen MR) is 121 cm³/mol. The molecule has 0 aliphatic heterocycles. The number of anilines is 2. The molecule has 176 valence electrons. The monoisotopic (exact) mass is 457 g/mol. The predicted octanol–water partition coefficient (Wildman–Crippen LogP) is 4.71. The molecule has 0 aromatic carbocycles. The Balaban J connectivity index is 1.38. The van der Waals surface area contributed by atoms with Crippen LogP contribution in [0.1, 0.15) is 74.0 Å². The maximum absolute atomic E-state index is 13.7. The van der Waals surface area contributed by atoms with Gasteiger partial charge in [0.15, 0.2) is 11.3 Å². The van der Waals surface area contributed by atoms with Gasteiger partial charge in [0.1, 0.15) is 11.4 Å². The molecule has 0 atom stereocenters. The van der Waals surface area contributed by atoms with Crippen LogP contribution in [0.2, 0.25) is 0 Å². The van der Waals surface area contributed by atoms with E-state index in [0.29, 0.717) is 17.5 Å². The minimum atomic E-state index is -2.78. The average Bonchev–Trinajstić information content (AvgIpc) is 3.34. The van der Waals surface area contributed by atoms with E-state index in [0.717, 1.165) is 38.0 Å². The second-order valence-electron chi connectivity index (χ2n) is 9.51. The van der Waals surface area contributed by atoms with Gasteiger partial charge in [-0.15, -0.1) is 0 Å². The highest BCUT2D eigenvalue weighted by Crippen LogP contribution is 2.35. The zero-order valence-corrected chi connectivity index (χ0v) is 18.9. The van der Waals surface area contributed by atoms with Gasteiger partial charge in [-0.25, -0.2) is 18.3 Å². The van der Waals surface area contributed by atoms with E-state index in [9.17, 15) is 13.6 Å². The summed E-state index contributed by atoms with van der Waals surface area (Å²) in [4.78, 5) is 19.7. The quantitative estimate of drug-likeness (QED) is 0.556. The van der Waals surface area contributed by atoms with Crippen molar-refractivity contribution < 1.29 is 13.6 Å². The molecule has 10 heteroatoms. The van der Waals surface area contributed by atoms with E-state index in [1.54, 1.807) is 10.9 Å². The molecule has 3 aromatic heterocycles. The van der Waals surface area contributed by atoms with Gasteiger partial charge in [0.2, 0.25) is 0 Å². The van der Waals surface area contributed by atoms with E-state index in [4.69, 9.17) is 0 Å². The molecule has 33 heavy (non-hydrogen) atoms. The van der Waals surface area contributed by atoms with Gasteiger partial charge < -0.3 is 10.2 Å². The van der Waals surface area contributed by atoms with E-state index in [1.165, 1.54) is 29.8 Å². The van der Waals surface area contributed by atoms with Crippen LogP contribution in [-0.2, 0) is 0 Å². The summed E-state index contributed by atoms with van der Waals surface area (Å²) in [5.41, 5.74) is 0.252. The number of halogens is 2. The lowest BCUT2D eigenvalue weighted by Gasteiger charge is -2.26. The minimum Gasteiger partial charge on any atom is -0.359 e. The first-order valence-electron chi connectivity index (χ1n) is 11.6. The number of amides is 1. The van der Waals surface area contributed by atoms with Crippen LogP contribution in [0.3, 0.4) is 0 Å². The first kappa shape index (κ1) is 21.8. The second kappa shape index (κ2) is 8.72. The summed E-state index contributed by atoms with van der Waals surface area (Å²) in [6, 6.07) is 1.93. The molecule has 8 nitrogen and oxygen atoms in total. The first-order chi connectivity index (χ1) is 15.9. The molecule has 1 amide bonds. The Hall–Kier alpha value is -3.04. The van der Waals surface area contributed by atoms with Crippen LogP contribution in [0.15, 0.2) is 24.7 Å². The number of fused-ring (bicyclic) bond motifs is 1. The van der Waals surface area contributed by atoms with Crippen molar-refractivity contribution in [2.24, 2.45) is 11.8 Å². The number of rotatable bonds is 7. The van der Waals surface area contributed by atoms with Gasteiger partial charge in [0.05, 0.1) is 17.9 Å². The standard InChI is InChI=1S/C23H29F2N7O/c1-14-3-7-16(8-4-14)32-13-18(20(29-32)21(24)25)27-23(33)17-11-26-31-10-9-19(28-22(17)31)30(2)12-15-5-6-15/h9-11,13-16,21H,3-8,12H2,1-2H3,(H,27,33). The van der Waals surface area contributed by atoms with Crippen molar-refractivity contribution in [3.8, 4) is 0 Å². The smallest absolute Gasteiger partial charge is 0.284 e. The molecule has 1 N–H and O–H groups in total. The van der Waals surface area contributed by atoms with Gasteiger partial charge in [-0.05, 0) is 56.4 Å². The molecule has 0 unspecified atom stereocenters. The van der Waals surface area contributed by atoms with E-state index in [-0.39, 0.29) is 17.3 Å². The third kappa shape index (κ3) is 4.56. The number of carbonyl (C=O) groups excluding carboxylic acids is 1. The molecule has 2 fully saturated rings. The van der Waals surface area contributed by atoms with Crippen molar-refractivity contribution in [2.75, 3.05) is 23.8 Å². The Bertz CT molecular complexity index is 1150. The number of nitrogens with one attached hydrogen (secondary N) is 1. The number of hydrogen-bond acceptors (Lipinski definition) is 5. The minimum absolute atomic E-state index is 0.0370. The van der Waals surface area contributed by atoms with Gasteiger partial charge in [0.25, 0.3) is 12.3 Å². The van der Waals surface area contributed by atoms with Crippen molar-refractivity contribution in [2.45, 2.75) is 57.9 Å². The third-order valence-corrected chi connectivity index (χ3v) is 6.79. The van der Waals surface area contributed by atoms with Gasteiger partial charge in [-0.3, -0.25) is 9.48 Å². The lowest BCUT2D eigenvalue weighted by atomic mass is 9.87. The maximum atomic E-state index is 13.7. The highest BCUT2D eigenvalue weighted by molar-refractivity contribution is 6.08. The normalized spacial score (nSPS) is 21.0. The second-order valence-corrected chi connectivity index (χ2v) is 9.51. The maximum Gasteiger partial charge on any atom is 0.284 e. The van der Waals surface area contributed by atoms with Crippen molar-refractivity contribution in [1.29, 1.82) is 0 Å². The van der Waals surface area contributed by atoms with E-state index < -0.39 is 18.0 Å². The average molecular weight is 458 g/mol. The lowest BCUT2D eigenvalue weighted by molar-refractivity contribution is 0.102. The van der Waals surface area contributed by atoms with E-state index in [2.05, 4.69) is 32.3 Å². The molecular formula is C23H29F2N7O. The zero-order valence-electron chi connectivity index (χ0n) is 18.9. The highest BCUT2D eigenvalue weighted by atomic mass is 19.3. The molecule has 2 aliphatic rings. The van der Waals surface area contributed by atoms with E-state index >= 15 is 0 Å². The number of alkyl halides is 2.